The number of carbonyl (C=O) groups is 1. The molecule has 2 nitrogen and oxygen atoms in total. The molecule has 18 heavy (non-hydrogen) atoms. The van der Waals surface area contributed by atoms with Crippen molar-refractivity contribution in [3.63, 3.8) is 0 Å². The summed E-state index contributed by atoms with van der Waals surface area (Å²) in [6.45, 7) is 4.24. The molecule has 0 spiro atoms. The molecule has 1 atom stereocenters. The van der Waals surface area contributed by atoms with Crippen molar-refractivity contribution in [3.8, 4) is 0 Å². The van der Waals surface area contributed by atoms with Gasteiger partial charge in [0.05, 0.1) is 6.10 Å². The summed E-state index contributed by atoms with van der Waals surface area (Å²) >= 11 is 0. The molecule has 1 rings (SSSR count). The van der Waals surface area contributed by atoms with Crippen molar-refractivity contribution in [2.45, 2.75) is 90.6 Å². The van der Waals surface area contributed by atoms with E-state index in [9.17, 15) is 4.79 Å². The second-order valence-electron chi connectivity index (χ2n) is 5.84. The fourth-order valence-corrected chi connectivity index (χ4v) is 2.82. The van der Waals surface area contributed by atoms with Crippen LogP contribution in [0, 0.1) is 5.92 Å². The van der Waals surface area contributed by atoms with Crippen molar-refractivity contribution in [1.82, 2.24) is 0 Å². The number of hydrogen-bond donors (Lipinski definition) is 0. The maximum atomic E-state index is 11.7. The Balaban J connectivity index is 2.00. The maximum Gasteiger partial charge on any atom is 0.306 e. The van der Waals surface area contributed by atoms with Crippen LogP contribution in [-0.4, -0.2) is 12.1 Å². The third-order valence-electron chi connectivity index (χ3n) is 4.03. The molecule has 2 heteroatoms. The molecule has 0 N–H and O–H groups in total. The van der Waals surface area contributed by atoms with E-state index in [2.05, 4.69) is 6.92 Å². The molecular weight excluding hydrogens is 224 g/mol. The quantitative estimate of drug-likeness (QED) is 0.434. The molecule has 0 aliphatic heterocycles. The van der Waals surface area contributed by atoms with Crippen LogP contribution in [0.5, 0.6) is 0 Å². The van der Waals surface area contributed by atoms with Crippen molar-refractivity contribution in [2.75, 3.05) is 0 Å². The minimum absolute atomic E-state index is 0.0184. The zero-order valence-corrected chi connectivity index (χ0v) is 12.2. The van der Waals surface area contributed by atoms with Gasteiger partial charge >= 0.3 is 5.97 Å². The molecule has 106 valence electrons. The average Bonchev–Trinajstić information content (AvgIpc) is 2.85. The normalized spacial score (nSPS) is 17.9. The number of rotatable bonds is 9. The van der Waals surface area contributed by atoms with E-state index in [1.54, 1.807) is 0 Å². The lowest BCUT2D eigenvalue weighted by Gasteiger charge is -2.14. The van der Waals surface area contributed by atoms with Crippen molar-refractivity contribution >= 4 is 5.97 Å². The largest absolute Gasteiger partial charge is 0.463 e. The Morgan fingerprint density at radius 1 is 1.22 bits per heavy atom. The fourth-order valence-electron chi connectivity index (χ4n) is 2.82. The number of ether oxygens (including phenoxy) is 1. The zero-order valence-electron chi connectivity index (χ0n) is 12.2. The molecule has 0 bridgehead atoms. The van der Waals surface area contributed by atoms with E-state index in [4.69, 9.17) is 4.74 Å². The number of carbonyl (C=O) groups excluding carboxylic acids is 1. The second kappa shape index (κ2) is 9.41. The van der Waals surface area contributed by atoms with Gasteiger partial charge < -0.3 is 4.74 Å². The highest BCUT2D eigenvalue weighted by atomic mass is 16.5. The standard InChI is InChI=1S/C16H30O2/c1-3-4-5-6-9-14(2)18-16(17)13-12-15-10-7-8-11-15/h14-15H,3-13H2,1-2H3. The summed E-state index contributed by atoms with van der Waals surface area (Å²) in [6, 6.07) is 0. The van der Waals surface area contributed by atoms with E-state index in [0.29, 0.717) is 6.42 Å². The van der Waals surface area contributed by atoms with Gasteiger partial charge in [-0.15, -0.1) is 0 Å². The van der Waals surface area contributed by atoms with E-state index in [0.717, 1.165) is 18.8 Å². The molecule has 0 saturated heterocycles. The van der Waals surface area contributed by atoms with Gasteiger partial charge in [-0.3, -0.25) is 4.79 Å². The molecule has 0 aromatic heterocycles. The van der Waals surface area contributed by atoms with E-state index in [-0.39, 0.29) is 12.1 Å². The van der Waals surface area contributed by atoms with Crippen LogP contribution in [-0.2, 0) is 9.53 Å². The molecule has 1 saturated carbocycles. The van der Waals surface area contributed by atoms with Crippen molar-refractivity contribution in [1.29, 1.82) is 0 Å². The molecule has 0 heterocycles. The van der Waals surface area contributed by atoms with Gasteiger partial charge in [-0.1, -0.05) is 51.9 Å². The van der Waals surface area contributed by atoms with Crippen LogP contribution in [0.15, 0.2) is 0 Å². The predicted molar refractivity (Wildman–Crippen MR) is 75.5 cm³/mol. The monoisotopic (exact) mass is 254 g/mol. The van der Waals surface area contributed by atoms with Gasteiger partial charge in [-0.2, -0.15) is 0 Å². The lowest BCUT2D eigenvalue weighted by molar-refractivity contribution is -0.148. The van der Waals surface area contributed by atoms with Crippen LogP contribution >= 0.6 is 0 Å². The van der Waals surface area contributed by atoms with Crippen molar-refractivity contribution < 1.29 is 9.53 Å². The Morgan fingerprint density at radius 2 is 1.94 bits per heavy atom. The molecular formula is C16H30O2. The van der Waals surface area contributed by atoms with Crippen LogP contribution < -0.4 is 0 Å². The zero-order chi connectivity index (χ0) is 13.2. The topological polar surface area (TPSA) is 26.3 Å². The van der Waals surface area contributed by atoms with Gasteiger partial charge in [-0.05, 0) is 32.1 Å². The SMILES string of the molecule is CCCCCCC(C)OC(=O)CCC1CCCC1. The Labute approximate surface area is 112 Å². The summed E-state index contributed by atoms with van der Waals surface area (Å²) in [5, 5.41) is 0. The summed E-state index contributed by atoms with van der Waals surface area (Å²) in [5.41, 5.74) is 0. The molecule has 1 unspecified atom stereocenters. The molecule has 1 aliphatic rings. The van der Waals surface area contributed by atoms with Gasteiger partial charge in [0.25, 0.3) is 0 Å². The van der Waals surface area contributed by atoms with Gasteiger partial charge in [0.1, 0.15) is 0 Å². The van der Waals surface area contributed by atoms with Crippen LogP contribution in [0.4, 0.5) is 0 Å². The molecule has 0 aromatic rings. The fraction of sp³-hybridized carbons (Fsp3) is 0.938. The summed E-state index contributed by atoms with van der Waals surface area (Å²) in [6.07, 6.45) is 13.2. The van der Waals surface area contributed by atoms with Gasteiger partial charge in [0.2, 0.25) is 0 Å². The summed E-state index contributed by atoms with van der Waals surface area (Å²) in [7, 11) is 0. The minimum Gasteiger partial charge on any atom is -0.463 e. The molecule has 0 amide bonds. The third kappa shape index (κ3) is 7.03. The highest BCUT2D eigenvalue weighted by Crippen LogP contribution is 2.28. The highest BCUT2D eigenvalue weighted by molar-refractivity contribution is 5.69. The predicted octanol–water partition coefficient (Wildman–Crippen LogP) is 4.86. The Morgan fingerprint density at radius 3 is 2.61 bits per heavy atom. The summed E-state index contributed by atoms with van der Waals surface area (Å²) < 4.78 is 5.45. The molecule has 1 fully saturated rings. The van der Waals surface area contributed by atoms with Gasteiger partial charge in [0, 0.05) is 6.42 Å². The number of hydrogen-bond acceptors (Lipinski definition) is 2. The molecule has 0 radical (unpaired) electrons. The molecule has 1 aliphatic carbocycles. The lowest BCUT2D eigenvalue weighted by Crippen LogP contribution is -2.15. The van der Waals surface area contributed by atoms with Crippen LogP contribution in [0.2, 0.25) is 0 Å². The maximum absolute atomic E-state index is 11.7. The van der Waals surface area contributed by atoms with Gasteiger partial charge in [0.15, 0.2) is 0 Å². The second-order valence-corrected chi connectivity index (χ2v) is 5.84. The molecule has 0 aromatic carbocycles. The van der Waals surface area contributed by atoms with E-state index in [1.807, 2.05) is 6.92 Å². The first kappa shape index (κ1) is 15.5. The van der Waals surface area contributed by atoms with E-state index in [1.165, 1.54) is 51.4 Å². The number of esters is 1. The first-order valence-corrected chi connectivity index (χ1v) is 7.91. The third-order valence-corrected chi connectivity index (χ3v) is 4.03. The van der Waals surface area contributed by atoms with Crippen molar-refractivity contribution in [2.24, 2.45) is 5.92 Å². The Kier molecular flexibility index (Phi) is 8.11. The number of unbranched alkanes of at least 4 members (excludes halogenated alkanes) is 3. The smallest absolute Gasteiger partial charge is 0.306 e. The minimum atomic E-state index is 0.0184. The van der Waals surface area contributed by atoms with Crippen LogP contribution in [0.3, 0.4) is 0 Å². The van der Waals surface area contributed by atoms with Crippen LogP contribution in [0.25, 0.3) is 0 Å². The Bertz CT molecular complexity index is 219. The van der Waals surface area contributed by atoms with E-state index >= 15 is 0 Å². The van der Waals surface area contributed by atoms with Crippen LogP contribution in [0.1, 0.15) is 84.5 Å². The van der Waals surface area contributed by atoms with Crippen molar-refractivity contribution in [3.05, 3.63) is 0 Å². The highest BCUT2D eigenvalue weighted by Gasteiger charge is 2.17. The lowest BCUT2D eigenvalue weighted by atomic mass is 10.0. The summed E-state index contributed by atoms with van der Waals surface area (Å²) in [4.78, 5) is 11.7. The average molecular weight is 254 g/mol. The first-order valence-electron chi connectivity index (χ1n) is 7.91. The van der Waals surface area contributed by atoms with E-state index < -0.39 is 0 Å². The Hall–Kier alpha value is -0.530. The van der Waals surface area contributed by atoms with Gasteiger partial charge in [-0.25, -0.2) is 0 Å². The first-order chi connectivity index (χ1) is 8.72. The summed E-state index contributed by atoms with van der Waals surface area (Å²) in [5.74, 6) is 0.808.